The molecule has 3 rings (SSSR count). The van der Waals surface area contributed by atoms with Crippen LogP contribution in [0.1, 0.15) is 52.9 Å². The molecule has 0 unspecified atom stereocenters. The number of nitrogens with zero attached hydrogens (tertiary/aromatic N) is 2. The van der Waals surface area contributed by atoms with Crippen molar-refractivity contribution in [3.63, 3.8) is 0 Å². The molecule has 29 heavy (non-hydrogen) atoms. The van der Waals surface area contributed by atoms with Gasteiger partial charge in [-0.15, -0.1) is 0 Å². The molecule has 160 valence electrons. The monoisotopic (exact) mass is 401 g/mol. The third kappa shape index (κ3) is 5.94. The van der Waals surface area contributed by atoms with Crippen LogP contribution in [0.5, 0.6) is 0 Å². The van der Waals surface area contributed by atoms with E-state index in [2.05, 4.69) is 42.0 Å². The molecule has 6 nitrogen and oxygen atoms in total. The van der Waals surface area contributed by atoms with Crippen molar-refractivity contribution >= 4 is 17.6 Å². The van der Waals surface area contributed by atoms with E-state index in [-0.39, 0.29) is 17.7 Å². The van der Waals surface area contributed by atoms with Gasteiger partial charge in [-0.05, 0) is 50.0 Å². The van der Waals surface area contributed by atoms with Crippen LogP contribution < -0.4 is 15.2 Å². The number of amides is 2. The Hall–Kier alpha value is -2.11. The number of carbonyl (C=O) groups is 2. The summed E-state index contributed by atoms with van der Waals surface area (Å²) < 4.78 is 0. The highest BCUT2D eigenvalue weighted by molar-refractivity contribution is 5.88. The number of piperazine rings is 1. The number of nitrogens with one attached hydrogen (secondary N) is 2. The zero-order chi connectivity index (χ0) is 20.8. The molecule has 2 fully saturated rings. The summed E-state index contributed by atoms with van der Waals surface area (Å²) in [5.74, 6) is 2.37. The lowest BCUT2D eigenvalue weighted by Crippen LogP contribution is -2.56. The normalized spacial score (nSPS) is 23.7. The summed E-state index contributed by atoms with van der Waals surface area (Å²) in [6.45, 7) is 9.45. The summed E-state index contributed by atoms with van der Waals surface area (Å²) in [6.07, 6.45) is 6.73. The fourth-order valence-electron chi connectivity index (χ4n) is 4.47. The molecule has 1 aliphatic carbocycles. The van der Waals surface area contributed by atoms with E-state index in [1.54, 1.807) is 0 Å². The SMILES string of the molecule is CC(C)C[C@@H](NC(=O)C1CCC(C)CC1)C(=O)N1CCN(c2cccc[nH+]2)CC1. The molecular formula is C23H37N4O2+. The molecule has 1 aliphatic heterocycles. The first kappa shape index (κ1) is 21.6. The summed E-state index contributed by atoms with van der Waals surface area (Å²) in [6, 6.07) is 5.64. The lowest BCUT2D eigenvalue weighted by atomic mass is 9.82. The van der Waals surface area contributed by atoms with Crippen molar-refractivity contribution in [2.24, 2.45) is 17.8 Å². The van der Waals surface area contributed by atoms with E-state index in [1.807, 2.05) is 23.2 Å². The molecule has 0 aromatic carbocycles. The first-order valence-electron chi connectivity index (χ1n) is 11.2. The molecular weight excluding hydrogens is 364 g/mol. The molecule has 2 aliphatic rings. The van der Waals surface area contributed by atoms with E-state index < -0.39 is 6.04 Å². The Morgan fingerprint density at radius 3 is 2.38 bits per heavy atom. The third-order valence-electron chi connectivity index (χ3n) is 6.33. The highest BCUT2D eigenvalue weighted by Crippen LogP contribution is 2.28. The van der Waals surface area contributed by atoms with Gasteiger partial charge in [0, 0.05) is 12.0 Å². The van der Waals surface area contributed by atoms with E-state index in [0.29, 0.717) is 31.3 Å². The van der Waals surface area contributed by atoms with Crippen LogP contribution >= 0.6 is 0 Å². The Bertz CT molecular complexity index is 663. The Morgan fingerprint density at radius 1 is 1.10 bits per heavy atom. The number of H-pyrrole nitrogens is 1. The van der Waals surface area contributed by atoms with Gasteiger partial charge in [-0.3, -0.25) is 14.5 Å². The van der Waals surface area contributed by atoms with Crippen LogP contribution in [0.15, 0.2) is 24.4 Å². The fourth-order valence-corrected chi connectivity index (χ4v) is 4.47. The average molecular weight is 402 g/mol. The molecule has 2 N–H and O–H groups in total. The first-order chi connectivity index (χ1) is 13.9. The van der Waals surface area contributed by atoms with Crippen molar-refractivity contribution in [1.82, 2.24) is 10.2 Å². The predicted molar refractivity (Wildman–Crippen MR) is 114 cm³/mol. The quantitative estimate of drug-likeness (QED) is 0.796. The van der Waals surface area contributed by atoms with Gasteiger partial charge < -0.3 is 10.2 Å². The van der Waals surface area contributed by atoms with Crippen molar-refractivity contribution < 1.29 is 14.6 Å². The highest BCUT2D eigenvalue weighted by Gasteiger charge is 2.33. The van der Waals surface area contributed by atoms with Crippen LogP contribution in [0.2, 0.25) is 0 Å². The van der Waals surface area contributed by atoms with E-state index in [9.17, 15) is 9.59 Å². The van der Waals surface area contributed by atoms with Crippen molar-refractivity contribution in [2.75, 3.05) is 31.1 Å². The van der Waals surface area contributed by atoms with Gasteiger partial charge in [0.15, 0.2) is 0 Å². The summed E-state index contributed by atoms with van der Waals surface area (Å²) in [5.41, 5.74) is 0. The maximum absolute atomic E-state index is 13.2. The maximum atomic E-state index is 13.2. The minimum absolute atomic E-state index is 0.0686. The number of aromatic amines is 1. The van der Waals surface area contributed by atoms with Gasteiger partial charge in [-0.25, -0.2) is 4.98 Å². The minimum atomic E-state index is -0.406. The van der Waals surface area contributed by atoms with E-state index in [1.165, 1.54) is 0 Å². The Labute approximate surface area is 175 Å². The number of anilines is 1. The Balaban J connectivity index is 1.57. The number of pyridine rings is 1. The number of hydrogen-bond donors (Lipinski definition) is 1. The third-order valence-corrected chi connectivity index (χ3v) is 6.33. The largest absolute Gasteiger partial charge is 0.344 e. The molecule has 1 saturated carbocycles. The molecule has 2 heterocycles. The lowest BCUT2D eigenvalue weighted by Gasteiger charge is -2.34. The summed E-state index contributed by atoms with van der Waals surface area (Å²) in [4.78, 5) is 33.5. The van der Waals surface area contributed by atoms with Crippen LogP contribution in [0.3, 0.4) is 0 Å². The molecule has 1 aromatic rings. The van der Waals surface area contributed by atoms with Gasteiger partial charge in [0.1, 0.15) is 19.1 Å². The van der Waals surface area contributed by atoms with Crippen molar-refractivity contribution in [3.05, 3.63) is 24.4 Å². The maximum Gasteiger partial charge on any atom is 0.274 e. The van der Waals surface area contributed by atoms with Crippen LogP contribution in [-0.4, -0.2) is 48.9 Å². The number of aromatic nitrogens is 1. The van der Waals surface area contributed by atoms with Crippen molar-refractivity contribution in [3.8, 4) is 0 Å². The molecule has 1 saturated heterocycles. The Morgan fingerprint density at radius 2 is 1.79 bits per heavy atom. The second-order valence-electron chi connectivity index (χ2n) is 9.21. The molecule has 6 heteroatoms. The molecule has 0 bridgehead atoms. The molecule has 0 spiro atoms. The van der Waals surface area contributed by atoms with E-state index >= 15 is 0 Å². The molecule has 0 radical (unpaired) electrons. The van der Waals surface area contributed by atoms with Gasteiger partial charge in [0.05, 0.1) is 19.3 Å². The predicted octanol–water partition coefficient (Wildman–Crippen LogP) is 2.51. The topological polar surface area (TPSA) is 66.8 Å². The van der Waals surface area contributed by atoms with Crippen LogP contribution in [0.25, 0.3) is 0 Å². The van der Waals surface area contributed by atoms with Gasteiger partial charge >= 0.3 is 0 Å². The summed E-state index contributed by atoms with van der Waals surface area (Å²) in [7, 11) is 0. The lowest BCUT2D eigenvalue weighted by molar-refractivity contribution is -0.364. The first-order valence-corrected chi connectivity index (χ1v) is 11.2. The standard InChI is InChI=1S/C23H36N4O2/c1-17(2)16-20(25-22(28)19-9-7-18(3)8-10-19)23(29)27-14-12-26(13-15-27)21-6-4-5-11-24-21/h4-6,11,17-20H,7-10,12-16H2,1-3H3,(H,25,28)/p+1/t18?,19?,20-/m1/s1. The number of rotatable bonds is 6. The molecule has 1 atom stereocenters. The van der Waals surface area contributed by atoms with E-state index in [0.717, 1.165) is 44.6 Å². The van der Waals surface area contributed by atoms with Gasteiger partial charge in [0.25, 0.3) is 5.82 Å². The highest BCUT2D eigenvalue weighted by atomic mass is 16.2. The van der Waals surface area contributed by atoms with Gasteiger partial charge in [0.2, 0.25) is 11.8 Å². The number of hydrogen-bond acceptors (Lipinski definition) is 3. The molecule has 1 aromatic heterocycles. The van der Waals surface area contributed by atoms with Crippen LogP contribution in [-0.2, 0) is 9.59 Å². The number of carbonyl (C=O) groups excluding carboxylic acids is 2. The fraction of sp³-hybridized carbons (Fsp3) is 0.696. The molecule has 2 amide bonds. The summed E-state index contributed by atoms with van der Waals surface area (Å²) in [5, 5.41) is 3.12. The second-order valence-corrected chi connectivity index (χ2v) is 9.21. The zero-order valence-corrected chi connectivity index (χ0v) is 18.2. The van der Waals surface area contributed by atoms with Gasteiger partial charge in [-0.1, -0.05) is 26.8 Å². The average Bonchev–Trinajstić information content (AvgIpc) is 2.73. The summed E-state index contributed by atoms with van der Waals surface area (Å²) >= 11 is 0. The van der Waals surface area contributed by atoms with Crippen molar-refractivity contribution in [2.45, 2.75) is 58.9 Å². The Kier molecular flexibility index (Phi) is 7.51. The smallest absolute Gasteiger partial charge is 0.274 e. The zero-order valence-electron chi connectivity index (χ0n) is 18.2. The van der Waals surface area contributed by atoms with Crippen molar-refractivity contribution in [1.29, 1.82) is 0 Å². The van der Waals surface area contributed by atoms with Gasteiger partial charge in [-0.2, -0.15) is 0 Å². The van der Waals surface area contributed by atoms with Crippen LogP contribution in [0.4, 0.5) is 5.82 Å². The second kappa shape index (κ2) is 10.1. The van der Waals surface area contributed by atoms with Crippen LogP contribution in [0, 0.1) is 17.8 Å². The minimum Gasteiger partial charge on any atom is -0.344 e. The van der Waals surface area contributed by atoms with E-state index in [4.69, 9.17) is 0 Å².